The smallest absolute Gasteiger partial charge is 0.0726 e. The van der Waals surface area contributed by atoms with E-state index in [1.54, 1.807) is 0 Å². The van der Waals surface area contributed by atoms with Crippen molar-refractivity contribution in [3.05, 3.63) is 271 Å². The summed E-state index contributed by atoms with van der Waals surface area (Å²) >= 11 is 0. The molecule has 0 saturated carbocycles. The Morgan fingerprint density at radius 3 is 1.26 bits per heavy atom. The van der Waals surface area contributed by atoms with E-state index >= 15 is 0 Å². The lowest BCUT2D eigenvalue weighted by atomic mass is 9.70. The molecule has 2 aliphatic carbocycles. The highest BCUT2D eigenvalue weighted by molar-refractivity contribution is 6.00. The first kappa shape index (κ1) is 35.9. The Bertz CT molecular complexity index is 3210. The van der Waals surface area contributed by atoms with Crippen LogP contribution < -0.4 is 4.90 Å². The molecule has 0 unspecified atom stereocenters. The third-order valence-electron chi connectivity index (χ3n) is 13.1. The highest BCUT2D eigenvalue weighted by atomic mass is 15.1. The summed E-state index contributed by atoms with van der Waals surface area (Å²) in [5.74, 6) is 0. The Kier molecular flexibility index (Phi) is 8.47. The molecule has 1 spiro atoms. The Morgan fingerprint density at radius 2 is 0.661 bits per heavy atom. The van der Waals surface area contributed by atoms with E-state index in [2.05, 4.69) is 254 Å². The molecule has 12 rings (SSSR count). The number of anilines is 3. The van der Waals surface area contributed by atoms with Gasteiger partial charge in [0, 0.05) is 16.9 Å². The van der Waals surface area contributed by atoms with Gasteiger partial charge in [-0.1, -0.05) is 212 Å². The lowest BCUT2D eigenvalue weighted by Gasteiger charge is -2.33. The lowest BCUT2D eigenvalue weighted by molar-refractivity contribution is 0.793. The SMILES string of the molecule is c1ccc(-c2ccc(N(c3ccc4c(c3)C3(c5ccccc5-c5ccccc53)c3ccccc3-4)c3cccc(-c4ccccc4)c3-c3cccc(-c4ccccc4)c3)cc2)cc1. The molecule has 0 aliphatic heterocycles. The second kappa shape index (κ2) is 14.6. The van der Waals surface area contributed by atoms with Crippen molar-refractivity contribution >= 4 is 17.1 Å². The maximum absolute atomic E-state index is 2.50. The molecule has 0 bridgehead atoms. The molecule has 1 heteroatoms. The third kappa shape index (κ3) is 5.56. The highest BCUT2D eigenvalue weighted by Gasteiger charge is 2.51. The van der Waals surface area contributed by atoms with Crippen LogP contribution in [0.15, 0.2) is 249 Å². The van der Waals surface area contributed by atoms with Gasteiger partial charge in [0.2, 0.25) is 0 Å². The Labute approximate surface area is 363 Å². The molecule has 0 saturated heterocycles. The first-order valence-corrected chi connectivity index (χ1v) is 21.5. The van der Waals surface area contributed by atoms with Crippen LogP contribution in [0.2, 0.25) is 0 Å². The first-order chi connectivity index (χ1) is 30.8. The van der Waals surface area contributed by atoms with E-state index in [1.807, 2.05) is 0 Å². The summed E-state index contributed by atoms with van der Waals surface area (Å²) in [4.78, 5) is 2.50. The van der Waals surface area contributed by atoms with Crippen molar-refractivity contribution in [2.45, 2.75) is 5.41 Å². The van der Waals surface area contributed by atoms with Gasteiger partial charge in [-0.2, -0.15) is 0 Å². The van der Waals surface area contributed by atoms with E-state index in [9.17, 15) is 0 Å². The van der Waals surface area contributed by atoms with Crippen molar-refractivity contribution in [3.8, 4) is 66.8 Å². The summed E-state index contributed by atoms with van der Waals surface area (Å²) in [6.45, 7) is 0. The van der Waals surface area contributed by atoms with Crippen molar-refractivity contribution in [3.63, 3.8) is 0 Å². The normalized spacial score (nSPS) is 12.6. The van der Waals surface area contributed by atoms with Crippen LogP contribution in [0.5, 0.6) is 0 Å². The molecule has 1 nitrogen and oxygen atoms in total. The van der Waals surface area contributed by atoms with Crippen molar-refractivity contribution in [2.24, 2.45) is 0 Å². The molecule has 0 radical (unpaired) electrons. The maximum atomic E-state index is 2.50. The van der Waals surface area contributed by atoms with Crippen LogP contribution in [0.1, 0.15) is 22.3 Å². The topological polar surface area (TPSA) is 3.24 Å². The summed E-state index contributed by atoms with van der Waals surface area (Å²) < 4.78 is 0. The highest BCUT2D eigenvalue weighted by Crippen LogP contribution is 2.63. The van der Waals surface area contributed by atoms with Gasteiger partial charge in [-0.25, -0.2) is 0 Å². The molecule has 290 valence electrons. The van der Waals surface area contributed by atoms with E-state index < -0.39 is 5.41 Å². The molecule has 0 aromatic heterocycles. The third-order valence-corrected chi connectivity index (χ3v) is 13.1. The average molecular weight is 788 g/mol. The number of benzene rings is 10. The number of fused-ring (bicyclic) bond motifs is 10. The minimum atomic E-state index is -0.462. The average Bonchev–Trinajstić information content (AvgIpc) is 3.82. The largest absolute Gasteiger partial charge is 0.310 e. The number of nitrogens with zero attached hydrogens (tertiary/aromatic N) is 1. The molecule has 0 amide bonds. The predicted octanol–water partition coefficient (Wildman–Crippen LogP) is 16.2. The minimum Gasteiger partial charge on any atom is -0.310 e. The quantitative estimate of drug-likeness (QED) is 0.155. The Morgan fingerprint density at radius 1 is 0.242 bits per heavy atom. The van der Waals surface area contributed by atoms with Crippen LogP contribution in [-0.4, -0.2) is 0 Å². The molecular weight excluding hydrogens is 747 g/mol. The van der Waals surface area contributed by atoms with Crippen LogP contribution >= 0.6 is 0 Å². The minimum absolute atomic E-state index is 0.462. The fourth-order valence-electron chi connectivity index (χ4n) is 10.5. The molecular formula is C61H41N. The molecule has 10 aromatic carbocycles. The van der Waals surface area contributed by atoms with Crippen LogP contribution in [0.3, 0.4) is 0 Å². The van der Waals surface area contributed by atoms with Gasteiger partial charge in [0.05, 0.1) is 11.1 Å². The standard InChI is InChI=1S/C61H41N/c1-4-18-42(19-5-1)44-34-36-48(37-35-44)62(59-33-17-29-50(45-22-8-3-9-23-45)60(59)47-25-16-24-46(40-47)43-20-6-2-7-21-43)49-38-39-54-53-28-12-15-32-57(53)61(58(54)41-49)55-30-13-10-26-51(55)52-27-11-14-31-56(52)61/h1-41H. The van der Waals surface area contributed by atoms with Crippen molar-refractivity contribution in [1.29, 1.82) is 0 Å². The zero-order chi connectivity index (χ0) is 41.0. The lowest BCUT2D eigenvalue weighted by Crippen LogP contribution is -2.26. The van der Waals surface area contributed by atoms with E-state index in [0.29, 0.717) is 0 Å². The maximum Gasteiger partial charge on any atom is 0.0726 e. The fourth-order valence-corrected chi connectivity index (χ4v) is 10.5. The summed E-state index contributed by atoms with van der Waals surface area (Å²) in [5, 5.41) is 0. The van der Waals surface area contributed by atoms with Gasteiger partial charge in [-0.15, -0.1) is 0 Å². The van der Waals surface area contributed by atoms with Crippen LogP contribution in [-0.2, 0) is 5.41 Å². The summed E-state index contributed by atoms with van der Waals surface area (Å²) in [5.41, 5.74) is 22.8. The van der Waals surface area contributed by atoms with Crippen LogP contribution in [0, 0.1) is 0 Å². The van der Waals surface area contributed by atoms with E-state index in [-0.39, 0.29) is 0 Å². The van der Waals surface area contributed by atoms with E-state index in [1.165, 1.54) is 83.5 Å². The monoisotopic (exact) mass is 787 g/mol. The summed E-state index contributed by atoms with van der Waals surface area (Å²) in [6.07, 6.45) is 0. The van der Waals surface area contributed by atoms with Crippen molar-refractivity contribution in [1.82, 2.24) is 0 Å². The van der Waals surface area contributed by atoms with Gasteiger partial charge in [0.15, 0.2) is 0 Å². The Hall–Kier alpha value is -8.00. The molecule has 62 heavy (non-hydrogen) atoms. The van der Waals surface area contributed by atoms with Gasteiger partial charge < -0.3 is 4.90 Å². The number of rotatable bonds is 7. The van der Waals surface area contributed by atoms with Gasteiger partial charge in [-0.3, -0.25) is 0 Å². The zero-order valence-electron chi connectivity index (χ0n) is 34.1. The number of hydrogen-bond acceptors (Lipinski definition) is 1. The van der Waals surface area contributed by atoms with Crippen LogP contribution in [0.4, 0.5) is 17.1 Å². The van der Waals surface area contributed by atoms with Crippen molar-refractivity contribution < 1.29 is 0 Å². The van der Waals surface area contributed by atoms with E-state index in [4.69, 9.17) is 0 Å². The zero-order valence-corrected chi connectivity index (χ0v) is 34.1. The molecule has 10 aromatic rings. The first-order valence-electron chi connectivity index (χ1n) is 21.5. The predicted molar refractivity (Wildman–Crippen MR) is 259 cm³/mol. The Balaban J connectivity index is 1.14. The van der Waals surface area contributed by atoms with Gasteiger partial charge in [-0.05, 0) is 120 Å². The summed E-state index contributed by atoms with van der Waals surface area (Å²) in [7, 11) is 0. The van der Waals surface area contributed by atoms with Crippen molar-refractivity contribution in [2.75, 3.05) is 4.90 Å². The second-order valence-corrected chi connectivity index (χ2v) is 16.4. The van der Waals surface area contributed by atoms with Gasteiger partial charge in [0.1, 0.15) is 0 Å². The molecule has 0 atom stereocenters. The second-order valence-electron chi connectivity index (χ2n) is 16.4. The molecule has 0 fully saturated rings. The molecule has 0 N–H and O–H groups in total. The fraction of sp³-hybridized carbons (Fsp3) is 0.0164. The molecule has 0 heterocycles. The van der Waals surface area contributed by atoms with Gasteiger partial charge >= 0.3 is 0 Å². The van der Waals surface area contributed by atoms with Crippen LogP contribution in [0.25, 0.3) is 66.8 Å². The van der Waals surface area contributed by atoms with Gasteiger partial charge in [0.25, 0.3) is 0 Å². The number of hydrogen-bond donors (Lipinski definition) is 0. The van der Waals surface area contributed by atoms with E-state index in [0.717, 1.165) is 22.6 Å². The molecule has 2 aliphatic rings. The summed E-state index contributed by atoms with van der Waals surface area (Å²) in [6, 6.07) is 91.6.